The molecule has 0 aliphatic carbocycles. The summed E-state index contributed by atoms with van der Waals surface area (Å²) < 4.78 is 19.1. The lowest BCUT2D eigenvalue weighted by atomic mass is 9.92. The Morgan fingerprint density at radius 3 is 2.48 bits per heavy atom. The number of halogens is 3. The number of rotatable bonds is 7. The molecule has 0 spiro atoms. The number of hydrogen-bond acceptors (Lipinski definition) is 3. The fraction of sp³-hybridized carbons (Fsp3) is 0.611. The van der Waals surface area contributed by atoms with Crippen molar-refractivity contribution in [2.45, 2.75) is 32.7 Å². The van der Waals surface area contributed by atoms with Gasteiger partial charge < -0.3 is 10.1 Å². The summed E-state index contributed by atoms with van der Waals surface area (Å²) in [5.41, 5.74) is 0.105. The van der Waals surface area contributed by atoms with Gasteiger partial charge in [0.25, 0.3) is 5.91 Å². The molecule has 2 rings (SSSR count). The first-order chi connectivity index (χ1) is 12.0. The first-order valence-corrected chi connectivity index (χ1v) is 9.48. The summed E-state index contributed by atoms with van der Waals surface area (Å²) in [5.74, 6) is -0.568. The molecule has 1 aromatic carbocycles. The van der Waals surface area contributed by atoms with Crippen LogP contribution in [0, 0.1) is 11.7 Å². The van der Waals surface area contributed by atoms with E-state index in [1.807, 2.05) is 0 Å². The molecule has 1 N–H and O–H groups in total. The molecule has 0 unspecified atom stereocenters. The molecule has 0 aromatic heterocycles. The number of carbonyl (C=O) groups is 1. The van der Waals surface area contributed by atoms with Crippen LogP contribution >= 0.6 is 23.2 Å². The van der Waals surface area contributed by atoms with E-state index in [1.165, 1.54) is 6.07 Å². The Kier molecular flexibility index (Phi) is 7.94. The molecule has 0 saturated carbocycles. The minimum atomic E-state index is -0.652. The molecule has 25 heavy (non-hydrogen) atoms. The monoisotopic (exact) mass is 390 g/mol. The van der Waals surface area contributed by atoms with Gasteiger partial charge in [-0.25, -0.2) is 4.39 Å². The van der Waals surface area contributed by atoms with Crippen molar-refractivity contribution in [3.05, 3.63) is 33.6 Å². The molecule has 0 bridgehead atoms. The van der Waals surface area contributed by atoms with E-state index in [2.05, 4.69) is 24.1 Å². The van der Waals surface area contributed by atoms with Gasteiger partial charge in [-0.15, -0.1) is 0 Å². The van der Waals surface area contributed by atoms with Gasteiger partial charge in [0.2, 0.25) is 0 Å². The first kappa shape index (κ1) is 20.4. The molecule has 1 aliphatic rings. The van der Waals surface area contributed by atoms with Gasteiger partial charge in [0.1, 0.15) is 5.82 Å². The Morgan fingerprint density at radius 1 is 1.24 bits per heavy atom. The van der Waals surface area contributed by atoms with Crippen LogP contribution in [0.2, 0.25) is 10.0 Å². The maximum absolute atomic E-state index is 13.7. The maximum atomic E-state index is 13.7. The number of ether oxygens (including phenoxy) is 1. The molecular formula is C18H25Cl2FN2O2. The van der Waals surface area contributed by atoms with Gasteiger partial charge in [0.05, 0.1) is 28.8 Å². The van der Waals surface area contributed by atoms with Crippen LogP contribution in [0.3, 0.4) is 0 Å². The van der Waals surface area contributed by atoms with Gasteiger partial charge in [-0.2, -0.15) is 0 Å². The number of morpholine rings is 1. The van der Waals surface area contributed by atoms with Gasteiger partial charge >= 0.3 is 0 Å². The summed E-state index contributed by atoms with van der Waals surface area (Å²) in [6.07, 6.45) is 2.06. The second kappa shape index (κ2) is 9.72. The minimum Gasteiger partial charge on any atom is -0.379 e. The average molecular weight is 391 g/mol. The number of hydrogen-bond donors (Lipinski definition) is 1. The van der Waals surface area contributed by atoms with Crippen molar-refractivity contribution < 1.29 is 13.9 Å². The topological polar surface area (TPSA) is 41.6 Å². The summed E-state index contributed by atoms with van der Waals surface area (Å²) in [6, 6.07) is 2.56. The van der Waals surface area contributed by atoms with E-state index >= 15 is 0 Å². The Morgan fingerprint density at radius 2 is 1.88 bits per heavy atom. The Hall–Kier alpha value is -0.880. The normalized spacial score (nSPS) is 16.9. The van der Waals surface area contributed by atoms with Crippen LogP contribution in [-0.2, 0) is 4.74 Å². The van der Waals surface area contributed by atoms with Crippen LogP contribution in [0.25, 0.3) is 0 Å². The van der Waals surface area contributed by atoms with Crippen molar-refractivity contribution in [3.63, 3.8) is 0 Å². The molecule has 1 aliphatic heterocycles. The van der Waals surface area contributed by atoms with Crippen LogP contribution in [0.4, 0.5) is 4.39 Å². The molecule has 1 fully saturated rings. The van der Waals surface area contributed by atoms with Gasteiger partial charge in [-0.05, 0) is 18.1 Å². The average Bonchev–Trinajstić information content (AvgIpc) is 2.62. The second-order valence-corrected chi connectivity index (χ2v) is 7.06. The fourth-order valence-electron chi connectivity index (χ4n) is 3.32. The Balaban J connectivity index is 2.08. The molecule has 1 heterocycles. The highest BCUT2D eigenvalue weighted by Crippen LogP contribution is 2.25. The minimum absolute atomic E-state index is 0.0928. The summed E-state index contributed by atoms with van der Waals surface area (Å²) in [6.45, 7) is 7.94. The maximum Gasteiger partial charge on any atom is 0.252 e. The second-order valence-electron chi connectivity index (χ2n) is 6.25. The third-order valence-corrected chi connectivity index (χ3v) is 5.44. The van der Waals surface area contributed by atoms with E-state index in [4.69, 9.17) is 27.9 Å². The van der Waals surface area contributed by atoms with E-state index in [1.54, 1.807) is 0 Å². The van der Waals surface area contributed by atoms with Gasteiger partial charge in [0, 0.05) is 25.7 Å². The predicted octanol–water partition coefficient (Wildman–Crippen LogP) is 4.00. The first-order valence-electron chi connectivity index (χ1n) is 8.72. The smallest absolute Gasteiger partial charge is 0.252 e. The van der Waals surface area contributed by atoms with Crippen LogP contribution in [-0.4, -0.2) is 49.7 Å². The Bertz CT molecular complexity index is 591. The third-order valence-electron chi connectivity index (χ3n) is 4.83. The van der Waals surface area contributed by atoms with Crippen molar-refractivity contribution in [1.29, 1.82) is 0 Å². The van der Waals surface area contributed by atoms with Crippen molar-refractivity contribution >= 4 is 29.1 Å². The van der Waals surface area contributed by atoms with E-state index in [0.717, 1.165) is 32.0 Å². The number of benzene rings is 1. The standard InChI is InChI=1S/C18H25Cl2FN2O2/c1-3-12(4-2)17(23-5-7-25-8-6-23)11-22-18(24)13-9-16(21)15(20)10-14(13)19/h9-10,12,17H,3-8,11H2,1-2H3,(H,22,24)/t17-/m1/s1. The van der Waals surface area contributed by atoms with E-state index in [0.29, 0.717) is 25.7 Å². The molecule has 1 amide bonds. The zero-order valence-electron chi connectivity index (χ0n) is 14.7. The lowest BCUT2D eigenvalue weighted by molar-refractivity contribution is 0.00191. The highest BCUT2D eigenvalue weighted by atomic mass is 35.5. The third kappa shape index (κ3) is 5.30. The quantitative estimate of drug-likeness (QED) is 0.715. The zero-order valence-corrected chi connectivity index (χ0v) is 16.2. The van der Waals surface area contributed by atoms with E-state index in [9.17, 15) is 9.18 Å². The zero-order chi connectivity index (χ0) is 18.4. The lowest BCUT2D eigenvalue weighted by Crippen LogP contribution is -2.52. The molecule has 140 valence electrons. The van der Waals surface area contributed by atoms with Crippen molar-refractivity contribution in [2.75, 3.05) is 32.8 Å². The Labute approximate surface area is 158 Å². The summed E-state index contributed by atoms with van der Waals surface area (Å²) in [5, 5.41) is 2.97. The molecule has 1 atom stereocenters. The number of nitrogens with one attached hydrogen (secondary N) is 1. The number of nitrogens with zero attached hydrogens (tertiary/aromatic N) is 1. The lowest BCUT2D eigenvalue weighted by Gasteiger charge is -2.38. The molecule has 1 aromatic rings. The molecule has 4 nitrogen and oxygen atoms in total. The van der Waals surface area contributed by atoms with Crippen LogP contribution in [0.5, 0.6) is 0 Å². The van der Waals surface area contributed by atoms with Crippen LogP contribution in [0.1, 0.15) is 37.0 Å². The number of amides is 1. The highest BCUT2D eigenvalue weighted by molar-refractivity contribution is 6.36. The van der Waals surface area contributed by atoms with Crippen molar-refractivity contribution in [2.24, 2.45) is 5.92 Å². The highest BCUT2D eigenvalue weighted by Gasteiger charge is 2.27. The molecule has 0 radical (unpaired) electrons. The van der Waals surface area contributed by atoms with Gasteiger partial charge in [0.15, 0.2) is 0 Å². The summed E-state index contributed by atoms with van der Waals surface area (Å²) in [4.78, 5) is 14.8. The largest absolute Gasteiger partial charge is 0.379 e. The van der Waals surface area contributed by atoms with Crippen molar-refractivity contribution in [3.8, 4) is 0 Å². The summed E-state index contributed by atoms with van der Waals surface area (Å²) >= 11 is 11.7. The van der Waals surface area contributed by atoms with Gasteiger partial charge in [-0.3, -0.25) is 9.69 Å². The molecule has 7 heteroatoms. The number of carbonyl (C=O) groups excluding carboxylic acids is 1. The fourth-order valence-corrected chi connectivity index (χ4v) is 3.79. The van der Waals surface area contributed by atoms with E-state index < -0.39 is 5.82 Å². The van der Waals surface area contributed by atoms with E-state index in [-0.39, 0.29) is 27.6 Å². The molecule has 1 saturated heterocycles. The predicted molar refractivity (Wildman–Crippen MR) is 99.0 cm³/mol. The van der Waals surface area contributed by atoms with Crippen molar-refractivity contribution in [1.82, 2.24) is 10.2 Å². The van der Waals surface area contributed by atoms with Gasteiger partial charge in [-0.1, -0.05) is 49.9 Å². The van der Waals surface area contributed by atoms with Crippen LogP contribution in [0.15, 0.2) is 12.1 Å². The van der Waals surface area contributed by atoms with Crippen LogP contribution < -0.4 is 5.32 Å². The SMILES string of the molecule is CCC(CC)[C@@H](CNC(=O)c1cc(F)c(Cl)cc1Cl)N1CCOCC1. The molecular weight excluding hydrogens is 366 g/mol. The summed E-state index contributed by atoms with van der Waals surface area (Å²) in [7, 11) is 0.